The van der Waals surface area contributed by atoms with Crippen LogP contribution in [0, 0.1) is 0 Å². The first-order valence-electron chi connectivity index (χ1n) is 6.48. The van der Waals surface area contributed by atoms with Gasteiger partial charge in [0.15, 0.2) is 6.04 Å². The van der Waals surface area contributed by atoms with Crippen molar-refractivity contribution < 1.29 is 19.4 Å². The third kappa shape index (κ3) is 5.16. The van der Waals surface area contributed by atoms with Gasteiger partial charge in [0, 0.05) is 0 Å². The fraction of sp³-hybridized carbons (Fsp3) is 0.200. The highest BCUT2D eigenvalue weighted by atomic mass is 35.6. The molecule has 0 radical (unpaired) electrons. The highest BCUT2D eigenvalue weighted by Gasteiger charge is 2.26. The van der Waals surface area contributed by atoms with E-state index in [1.165, 1.54) is 0 Å². The van der Waals surface area contributed by atoms with Gasteiger partial charge in [-0.1, -0.05) is 71.2 Å². The van der Waals surface area contributed by atoms with Gasteiger partial charge in [0.25, 0.3) is 0 Å². The van der Waals surface area contributed by atoms with Gasteiger partial charge in [0.2, 0.25) is 3.79 Å². The normalized spacial score (nSPS) is 12.7. The zero-order valence-corrected chi connectivity index (χ0v) is 13.9. The number of hydrogen-bond acceptors (Lipinski definition) is 3. The van der Waals surface area contributed by atoms with Crippen LogP contribution in [0.4, 0.5) is 4.79 Å². The summed E-state index contributed by atoms with van der Waals surface area (Å²) in [5.41, 5.74) is 0.405. The number of carboxylic acid groups (broad SMARTS) is 1. The van der Waals surface area contributed by atoms with Gasteiger partial charge in [-0.05, 0) is 22.4 Å². The fourth-order valence-electron chi connectivity index (χ4n) is 1.98. The van der Waals surface area contributed by atoms with Gasteiger partial charge >= 0.3 is 12.1 Å². The van der Waals surface area contributed by atoms with Crippen molar-refractivity contribution in [3.05, 3.63) is 48.0 Å². The summed E-state index contributed by atoms with van der Waals surface area (Å²) in [7, 11) is 0. The first-order chi connectivity index (χ1) is 10.8. The zero-order valence-electron chi connectivity index (χ0n) is 11.6. The molecule has 2 aromatic carbocycles. The second-order valence-corrected chi connectivity index (χ2v) is 7.23. The monoisotopic (exact) mass is 375 g/mol. The highest BCUT2D eigenvalue weighted by Crippen LogP contribution is 2.26. The number of halogens is 3. The summed E-state index contributed by atoms with van der Waals surface area (Å²) in [5.74, 6) is -1.23. The maximum atomic E-state index is 11.7. The Balaban J connectivity index is 2.17. The van der Waals surface area contributed by atoms with E-state index in [1.54, 1.807) is 18.2 Å². The maximum Gasteiger partial charge on any atom is 0.408 e. The molecule has 8 heteroatoms. The van der Waals surface area contributed by atoms with Crippen molar-refractivity contribution in [3.8, 4) is 0 Å². The SMILES string of the molecule is O=C(N[C@@H](C(=O)O)c1ccc2ccccc2c1)OCC(Cl)(Cl)Cl. The Hall–Kier alpha value is -1.69. The van der Waals surface area contributed by atoms with Gasteiger partial charge in [-0.2, -0.15) is 0 Å². The molecule has 0 aliphatic carbocycles. The minimum atomic E-state index is -1.76. The molecule has 0 aliphatic rings. The van der Waals surface area contributed by atoms with Crippen LogP contribution in [0.3, 0.4) is 0 Å². The quantitative estimate of drug-likeness (QED) is 0.789. The average Bonchev–Trinajstić information content (AvgIpc) is 2.49. The lowest BCUT2D eigenvalue weighted by molar-refractivity contribution is -0.139. The van der Waals surface area contributed by atoms with E-state index in [9.17, 15) is 14.7 Å². The number of hydrogen-bond donors (Lipinski definition) is 2. The van der Waals surface area contributed by atoms with Gasteiger partial charge in [0.05, 0.1) is 0 Å². The standard InChI is InChI=1S/C15H12Cl3NO4/c16-15(17,18)8-23-14(22)19-12(13(20)21)11-6-5-9-3-1-2-4-10(9)7-11/h1-7,12H,8H2,(H,19,22)(H,20,21)/t12-/m1/s1. The molecule has 5 nitrogen and oxygen atoms in total. The van der Waals surface area contributed by atoms with E-state index in [-0.39, 0.29) is 0 Å². The van der Waals surface area contributed by atoms with Crippen molar-refractivity contribution in [2.45, 2.75) is 9.83 Å². The molecule has 0 heterocycles. The van der Waals surface area contributed by atoms with Crippen molar-refractivity contribution in [3.63, 3.8) is 0 Å². The van der Waals surface area contributed by atoms with Crippen LogP contribution < -0.4 is 5.32 Å². The lowest BCUT2D eigenvalue weighted by atomic mass is 10.0. The predicted octanol–water partition coefficient (Wildman–Crippen LogP) is 4.06. The molecule has 0 aliphatic heterocycles. The number of carboxylic acids is 1. The van der Waals surface area contributed by atoms with Crippen LogP contribution in [0.1, 0.15) is 11.6 Å². The second kappa shape index (κ2) is 7.25. The number of alkyl halides is 3. The molecule has 0 aromatic heterocycles. The zero-order chi connectivity index (χ0) is 17.0. The van der Waals surface area contributed by atoms with Gasteiger partial charge in [-0.15, -0.1) is 0 Å². The summed E-state index contributed by atoms with van der Waals surface area (Å²) in [6, 6.07) is 11.3. The number of aliphatic carboxylic acids is 1. The number of benzene rings is 2. The molecule has 0 saturated heterocycles. The van der Waals surface area contributed by atoms with Crippen LogP contribution >= 0.6 is 34.8 Å². The molecule has 2 aromatic rings. The van der Waals surface area contributed by atoms with Crippen molar-refractivity contribution >= 4 is 57.6 Å². The van der Waals surface area contributed by atoms with E-state index >= 15 is 0 Å². The molecule has 2 N–H and O–H groups in total. The minimum Gasteiger partial charge on any atom is -0.479 e. The first-order valence-corrected chi connectivity index (χ1v) is 7.61. The summed E-state index contributed by atoms with van der Waals surface area (Å²) in [6.07, 6.45) is -0.989. The first kappa shape index (κ1) is 17.7. The number of carbonyl (C=O) groups is 2. The molecule has 122 valence electrons. The second-order valence-electron chi connectivity index (χ2n) is 4.71. The van der Waals surface area contributed by atoms with E-state index in [0.29, 0.717) is 5.56 Å². The Labute approximate surface area is 147 Å². The van der Waals surface area contributed by atoms with Gasteiger partial charge in [-0.25, -0.2) is 9.59 Å². The predicted molar refractivity (Wildman–Crippen MR) is 89.1 cm³/mol. The van der Waals surface area contributed by atoms with E-state index in [1.807, 2.05) is 24.3 Å². The van der Waals surface area contributed by atoms with E-state index in [0.717, 1.165) is 10.8 Å². The number of amides is 1. The van der Waals surface area contributed by atoms with Gasteiger partial charge in [0.1, 0.15) is 6.61 Å². The topological polar surface area (TPSA) is 75.6 Å². The number of fused-ring (bicyclic) bond motifs is 1. The number of carbonyl (C=O) groups excluding carboxylic acids is 1. The molecule has 23 heavy (non-hydrogen) atoms. The van der Waals surface area contributed by atoms with Crippen LogP contribution in [-0.2, 0) is 9.53 Å². The lowest BCUT2D eigenvalue weighted by Gasteiger charge is -2.17. The summed E-state index contributed by atoms with van der Waals surface area (Å²) >= 11 is 16.4. The molecule has 0 spiro atoms. The van der Waals surface area contributed by atoms with E-state index < -0.39 is 28.5 Å². The van der Waals surface area contributed by atoms with E-state index in [2.05, 4.69) is 10.1 Å². The Morgan fingerprint density at radius 3 is 2.39 bits per heavy atom. The molecule has 0 saturated carbocycles. The van der Waals surface area contributed by atoms with Crippen LogP contribution in [0.5, 0.6) is 0 Å². The smallest absolute Gasteiger partial charge is 0.408 e. The molecule has 1 amide bonds. The number of nitrogens with one attached hydrogen (secondary N) is 1. The van der Waals surface area contributed by atoms with E-state index in [4.69, 9.17) is 34.8 Å². The summed E-state index contributed by atoms with van der Waals surface area (Å²) < 4.78 is 2.92. The van der Waals surface area contributed by atoms with Crippen LogP contribution in [-0.4, -0.2) is 27.6 Å². The average molecular weight is 377 g/mol. The van der Waals surface area contributed by atoms with Crippen LogP contribution in [0.15, 0.2) is 42.5 Å². The Morgan fingerprint density at radius 1 is 1.13 bits per heavy atom. The number of ether oxygens (including phenoxy) is 1. The third-order valence-electron chi connectivity index (χ3n) is 2.98. The molecular formula is C15H12Cl3NO4. The summed E-state index contributed by atoms with van der Waals surface area (Å²) in [6.45, 7) is -0.493. The largest absolute Gasteiger partial charge is 0.479 e. The molecule has 0 bridgehead atoms. The Morgan fingerprint density at radius 2 is 1.78 bits per heavy atom. The molecule has 1 atom stereocenters. The lowest BCUT2D eigenvalue weighted by Crippen LogP contribution is -2.35. The Bertz CT molecular complexity index is 730. The van der Waals surface area contributed by atoms with Crippen molar-refractivity contribution in [1.29, 1.82) is 0 Å². The third-order valence-corrected chi connectivity index (χ3v) is 3.31. The van der Waals surface area contributed by atoms with Gasteiger partial charge in [-0.3, -0.25) is 0 Å². The summed E-state index contributed by atoms with van der Waals surface area (Å²) in [5, 5.41) is 13.4. The number of alkyl carbamates (subject to hydrolysis) is 1. The Kier molecular flexibility index (Phi) is 5.57. The highest BCUT2D eigenvalue weighted by molar-refractivity contribution is 6.67. The summed E-state index contributed by atoms with van der Waals surface area (Å²) in [4.78, 5) is 23.1. The maximum absolute atomic E-state index is 11.7. The van der Waals surface area contributed by atoms with Crippen molar-refractivity contribution in [2.75, 3.05) is 6.61 Å². The number of rotatable bonds is 4. The molecule has 0 unspecified atom stereocenters. The molecule has 2 rings (SSSR count). The minimum absolute atomic E-state index is 0.405. The van der Waals surface area contributed by atoms with Gasteiger partial charge < -0.3 is 15.2 Å². The molecule has 0 fully saturated rings. The molecular weight excluding hydrogens is 365 g/mol. The van der Waals surface area contributed by atoms with Crippen molar-refractivity contribution in [2.24, 2.45) is 0 Å². The van der Waals surface area contributed by atoms with Crippen LogP contribution in [0.2, 0.25) is 0 Å². The van der Waals surface area contributed by atoms with Crippen molar-refractivity contribution in [1.82, 2.24) is 5.32 Å². The van der Waals surface area contributed by atoms with Crippen LogP contribution in [0.25, 0.3) is 10.8 Å². The fourth-order valence-corrected chi connectivity index (χ4v) is 2.15.